The van der Waals surface area contributed by atoms with Gasteiger partial charge in [-0.2, -0.15) is 0 Å². The van der Waals surface area contributed by atoms with Crippen LogP contribution in [0.3, 0.4) is 0 Å². The number of amides is 2. The van der Waals surface area contributed by atoms with Gasteiger partial charge < -0.3 is 10.2 Å². The lowest BCUT2D eigenvalue weighted by atomic mass is 10.1. The molecule has 0 saturated heterocycles. The fourth-order valence-electron chi connectivity index (χ4n) is 2.58. The number of halogens is 3. The zero-order valence-corrected chi connectivity index (χ0v) is 18.6. The van der Waals surface area contributed by atoms with Gasteiger partial charge in [0.2, 0.25) is 11.8 Å². The van der Waals surface area contributed by atoms with Crippen molar-refractivity contribution in [2.45, 2.75) is 30.8 Å². The van der Waals surface area contributed by atoms with E-state index in [1.807, 2.05) is 24.3 Å². The molecule has 0 heterocycles. The normalized spacial score (nSPS) is 11.8. The number of thioether (sulfide) groups is 1. The van der Waals surface area contributed by atoms with Gasteiger partial charge in [0.25, 0.3) is 0 Å². The number of nitrogens with zero attached hydrogens (tertiary/aromatic N) is 1. The average Bonchev–Trinajstić information content (AvgIpc) is 2.68. The molecule has 1 atom stereocenters. The Balaban J connectivity index is 2.10. The number of nitrogens with one attached hydrogen (secondary N) is 1. The molecule has 0 fully saturated rings. The van der Waals surface area contributed by atoms with E-state index in [1.165, 1.54) is 4.90 Å². The molecule has 0 spiro atoms. The zero-order chi connectivity index (χ0) is 20.7. The van der Waals surface area contributed by atoms with Crippen molar-refractivity contribution < 1.29 is 9.59 Å². The van der Waals surface area contributed by atoms with E-state index in [1.54, 1.807) is 43.9 Å². The third-order valence-electron chi connectivity index (χ3n) is 4.20. The van der Waals surface area contributed by atoms with E-state index in [-0.39, 0.29) is 24.8 Å². The van der Waals surface area contributed by atoms with Gasteiger partial charge in [0.05, 0.1) is 0 Å². The summed E-state index contributed by atoms with van der Waals surface area (Å²) < 4.78 is 0. The molecular formula is C20H21Cl3N2O2S. The van der Waals surface area contributed by atoms with Crippen molar-refractivity contribution in [1.82, 2.24) is 10.2 Å². The van der Waals surface area contributed by atoms with Crippen molar-refractivity contribution in [2.75, 3.05) is 12.8 Å². The maximum atomic E-state index is 12.9. The molecule has 0 aliphatic heterocycles. The van der Waals surface area contributed by atoms with E-state index in [0.29, 0.717) is 26.4 Å². The van der Waals surface area contributed by atoms with Crippen LogP contribution in [0.25, 0.3) is 0 Å². The van der Waals surface area contributed by atoms with Gasteiger partial charge in [-0.3, -0.25) is 9.59 Å². The Morgan fingerprint density at radius 3 is 2.25 bits per heavy atom. The number of benzene rings is 2. The SMILES string of the molecule is CNC(=O)[C@@H](C)N(Cc1c(Cl)cccc1Cl)C(=O)CCSc1ccc(Cl)cc1. The molecule has 28 heavy (non-hydrogen) atoms. The molecule has 8 heteroatoms. The molecule has 2 aromatic carbocycles. The molecule has 0 unspecified atom stereocenters. The van der Waals surface area contributed by atoms with Gasteiger partial charge in [-0.25, -0.2) is 0 Å². The quantitative estimate of drug-likeness (QED) is 0.545. The monoisotopic (exact) mass is 458 g/mol. The predicted molar refractivity (Wildman–Crippen MR) is 117 cm³/mol. The Morgan fingerprint density at radius 1 is 1.07 bits per heavy atom. The van der Waals surface area contributed by atoms with Gasteiger partial charge in [-0.1, -0.05) is 40.9 Å². The van der Waals surface area contributed by atoms with E-state index >= 15 is 0 Å². The summed E-state index contributed by atoms with van der Waals surface area (Å²) in [4.78, 5) is 27.6. The van der Waals surface area contributed by atoms with E-state index in [2.05, 4.69) is 5.32 Å². The van der Waals surface area contributed by atoms with Crippen molar-refractivity contribution in [3.8, 4) is 0 Å². The number of rotatable bonds is 8. The Kier molecular flexibility index (Phi) is 8.96. The van der Waals surface area contributed by atoms with Crippen LogP contribution in [0, 0.1) is 0 Å². The second-order valence-corrected chi connectivity index (χ2v) is 8.48. The number of likely N-dealkylation sites (N-methyl/N-ethyl adjacent to an activating group) is 1. The van der Waals surface area contributed by atoms with Gasteiger partial charge in [-0.15, -0.1) is 11.8 Å². The summed E-state index contributed by atoms with van der Waals surface area (Å²) in [7, 11) is 1.54. The number of carbonyl (C=O) groups excluding carboxylic acids is 2. The molecule has 2 aromatic rings. The summed E-state index contributed by atoms with van der Waals surface area (Å²) in [5.74, 6) is 0.184. The predicted octanol–water partition coefficient (Wildman–Crippen LogP) is 5.29. The van der Waals surface area contributed by atoms with Crippen LogP contribution in [-0.2, 0) is 16.1 Å². The van der Waals surface area contributed by atoms with Crippen molar-refractivity contribution in [3.63, 3.8) is 0 Å². The van der Waals surface area contributed by atoms with Gasteiger partial charge in [0.15, 0.2) is 0 Å². The summed E-state index contributed by atoms with van der Waals surface area (Å²) in [6.45, 7) is 1.85. The van der Waals surface area contributed by atoms with Crippen molar-refractivity contribution >= 4 is 58.4 Å². The molecule has 150 valence electrons. The van der Waals surface area contributed by atoms with Gasteiger partial charge in [-0.05, 0) is 43.3 Å². The zero-order valence-electron chi connectivity index (χ0n) is 15.5. The van der Waals surface area contributed by atoms with Gasteiger partial charge >= 0.3 is 0 Å². The molecule has 0 saturated carbocycles. The third kappa shape index (κ3) is 6.31. The van der Waals surface area contributed by atoms with Gasteiger partial charge in [0.1, 0.15) is 6.04 Å². The first-order chi connectivity index (χ1) is 13.3. The third-order valence-corrected chi connectivity index (χ3v) is 6.18. The molecule has 0 radical (unpaired) electrons. The first kappa shape index (κ1) is 22.9. The summed E-state index contributed by atoms with van der Waals surface area (Å²) in [5, 5.41) is 4.18. The average molecular weight is 460 g/mol. The van der Waals surface area contributed by atoms with Crippen LogP contribution in [0.15, 0.2) is 47.4 Å². The largest absolute Gasteiger partial charge is 0.357 e. The topological polar surface area (TPSA) is 49.4 Å². The molecule has 4 nitrogen and oxygen atoms in total. The molecule has 0 bridgehead atoms. The Morgan fingerprint density at radius 2 is 1.68 bits per heavy atom. The first-order valence-electron chi connectivity index (χ1n) is 8.65. The smallest absolute Gasteiger partial charge is 0.242 e. The van der Waals surface area contributed by atoms with Crippen LogP contribution in [0.2, 0.25) is 15.1 Å². The standard InChI is InChI=1S/C20H21Cl3N2O2S/c1-13(20(27)24-2)25(12-16-17(22)4-3-5-18(16)23)19(26)10-11-28-15-8-6-14(21)7-9-15/h3-9,13H,10-12H2,1-2H3,(H,24,27)/t13-/m1/s1. The molecule has 2 rings (SSSR count). The molecule has 2 amide bonds. The molecule has 1 N–H and O–H groups in total. The Labute approximate surface area is 184 Å². The highest BCUT2D eigenvalue weighted by Crippen LogP contribution is 2.27. The summed E-state index contributed by atoms with van der Waals surface area (Å²) in [6, 6.07) is 12.0. The van der Waals surface area contributed by atoms with Crippen molar-refractivity contribution in [3.05, 3.63) is 63.1 Å². The van der Waals surface area contributed by atoms with Crippen molar-refractivity contribution in [1.29, 1.82) is 0 Å². The number of hydrogen-bond donors (Lipinski definition) is 1. The summed E-state index contributed by atoms with van der Waals surface area (Å²) in [5.41, 5.74) is 0.625. The lowest BCUT2D eigenvalue weighted by molar-refractivity contribution is -0.140. The highest BCUT2D eigenvalue weighted by atomic mass is 35.5. The number of carbonyl (C=O) groups is 2. The first-order valence-corrected chi connectivity index (χ1v) is 10.8. The van der Waals surface area contributed by atoms with Crippen LogP contribution >= 0.6 is 46.6 Å². The van der Waals surface area contributed by atoms with E-state index in [4.69, 9.17) is 34.8 Å². The van der Waals surface area contributed by atoms with Gasteiger partial charge in [0, 0.05) is 51.3 Å². The minimum absolute atomic E-state index is 0.145. The second kappa shape index (κ2) is 11.0. The number of hydrogen-bond acceptors (Lipinski definition) is 3. The van der Waals surface area contributed by atoms with Crippen molar-refractivity contribution in [2.24, 2.45) is 0 Å². The lowest BCUT2D eigenvalue weighted by Gasteiger charge is -2.29. The van der Waals surface area contributed by atoms with Crippen LogP contribution < -0.4 is 5.32 Å². The minimum atomic E-state index is -0.648. The Bertz CT molecular complexity index is 810. The minimum Gasteiger partial charge on any atom is -0.357 e. The van der Waals surface area contributed by atoms with E-state index in [0.717, 1.165) is 4.90 Å². The lowest BCUT2D eigenvalue weighted by Crippen LogP contribution is -2.46. The van der Waals surface area contributed by atoms with E-state index < -0.39 is 6.04 Å². The second-order valence-electron chi connectivity index (χ2n) is 6.06. The molecular weight excluding hydrogens is 439 g/mol. The summed E-state index contributed by atoms with van der Waals surface area (Å²) in [6.07, 6.45) is 0.275. The van der Waals surface area contributed by atoms with Crippen LogP contribution in [0.1, 0.15) is 18.9 Å². The Hall–Kier alpha value is -1.40. The molecule has 0 aliphatic rings. The summed E-state index contributed by atoms with van der Waals surface area (Å²) >= 11 is 20.0. The fraction of sp³-hybridized carbons (Fsp3) is 0.300. The fourth-order valence-corrected chi connectivity index (χ4v) is 4.06. The maximum Gasteiger partial charge on any atom is 0.242 e. The highest BCUT2D eigenvalue weighted by Gasteiger charge is 2.26. The van der Waals surface area contributed by atoms with Crippen LogP contribution in [0.5, 0.6) is 0 Å². The molecule has 0 aliphatic carbocycles. The highest BCUT2D eigenvalue weighted by molar-refractivity contribution is 7.99. The van der Waals surface area contributed by atoms with Crippen LogP contribution in [0.4, 0.5) is 0 Å². The van der Waals surface area contributed by atoms with Crippen LogP contribution in [-0.4, -0.2) is 35.6 Å². The van der Waals surface area contributed by atoms with E-state index in [9.17, 15) is 9.59 Å². The maximum absolute atomic E-state index is 12.9. The molecule has 0 aromatic heterocycles.